The monoisotopic (exact) mass is 563 g/mol. The predicted molar refractivity (Wildman–Crippen MR) is 145 cm³/mol. The number of hydrogen-bond donors (Lipinski definition) is 1. The minimum absolute atomic E-state index is 0.0403. The number of hydrogen-bond acceptors (Lipinski definition) is 3. The minimum Gasteiger partial charge on any atom is -0.311 e. The maximum absolute atomic E-state index is 13.3. The van der Waals surface area contributed by atoms with Crippen molar-refractivity contribution in [2.75, 3.05) is 32.7 Å². The van der Waals surface area contributed by atoms with E-state index in [0.29, 0.717) is 12.6 Å². The van der Waals surface area contributed by atoms with E-state index in [9.17, 15) is 26.3 Å². The van der Waals surface area contributed by atoms with Crippen LogP contribution in [0.2, 0.25) is 0 Å². The van der Waals surface area contributed by atoms with Gasteiger partial charge in [-0.15, -0.1) is 0 Å². The van der Waals surface area contributed by atoms with Crippen molar-refractivity contribution in [2.45, 2.75) is 63.1 Å². The average molecular weight is 564 g/mol. The number of nitrogens with zero attached hydrogens (tertiary/aromatic N) is 2. The average Bonchev–Trinajstić information content (AvgIpc) is 2.95. The molecule has 1 N–H and O–H groups in total. The Bertz CT molecular complexity index is 1240. The molecule has 0 aromatic heterocycles. The fraction of sp³-hybridized carbons (Fsp3) is 0.484. The van der Waals surface area contributed by atoms with Crippen LogP contribution in [0.15, 0.2) is 60.7 Å². The molecule has 1 heterocycles. The van der Waals surface area contributed by atoms with Crippen LogP contribution in [0.4, 0.5) is 26.3 Å². The molecule has 3 nitrogen and oxygen atoms in total. The molecule has 1 saturated carbocycles. The Morgan fingerprint density at radius 1 is 0.725 bits per heavy atom. The molecule has 40 heavy (non-hydrogen) atoms. The van der Waals surface area contributed by atoms with Crippen molar-refractivity contribution in [3.8, 4) is 0 Å². The van der Waals surface area contributed by atoms with Gasteiger partial charge in [0.1, 0.15) is 0 Å². The Hall–Kier alpha value is -2.62. The lowest BCUT2D eigenvalue weighted by Crippen LogP contribution is -2.52. The Labute approximate surface area is 231 Å². The van der Waals surface area contributed by atoms with E-state index >= 15 is 0 Å². The largest absolute Gasteiger partial charge is 0.416 e. The molecule has 1 aliphatic heterocycles. The molecule has 0 radical (unpaired) electrons. The zero-order chi connectivity index (χ0) is 28.3. The van der Waals surface area contributed by atoms with Crippen LogP contribution in [-0.2, 0) is 18.9 Å². The van der Waals surface area contributed by atoms with E-state index in [0.717, 1.165) is 54.6 Å². The molecule has 1 saturated heterocycles. The van der Waals surface area contributed by atoms with E-state index in [1.165, 1.54) is 32.1 Å². The van der Waals surface area contributed by atoms with Crippen molar-refractivity contribution < 1.29 is 26.3 Å². The van der Waals surface area contributed by atoms with Gasteiger partial charge in [0.15, 0.2) is 0 Å². The summed E-state index contributed by atoms with van der Waals surface area (Å²) in [5.41, 5.74) is -1.54. The van der Waals surface area contributed by atoms with E-state index < -0.39 is 23.5 Å². The van der Waals surface area contributed by atoms with E-state index in [4.69, 9.17) is 0 Å². The smallest absolute Gasteiger partial charge is 0.311 e. The van der Waals surface area contributed by atoms with Crippen molar-refractivity contribution in [1.29, 1.82) is 0 Å². The molecule has 3 aromatic carbocycles. The van der Waals surface area contributed by atoms with Crippen molar-refractivity contribution >= 4 is 10.8 Å². The van der Waals surface area contributed by atoms with Crippen LogP contribution in [0, 0.1) is 0 Å². The molecule has 3 aromatic rings. The maximum Gasteiger partial charge on any atom is 0.416 e. The second kappa shape index (κ2) is 12.1. The van der Waals surface area contributed by atoms with Crippen LogP contribution in [0.1, 0.15) is 60.4 Å². The third kappa shape index (κ3) is 6.98. The molecule has 1 aliphatic carbocycles. The van der Waals surface area contributed by atoms with E-state index in [2.05, 4.69) is 33.3 Å². The molecule has 0 spiro atoms. The number of benzene rings is 3. The zero-order valence-electron chi connectivity index (χ0n) is 22.4. The highest BCUT2D eigenvalue weighted by Gasteiger charge is 2.37. The lowest BCUT2D eigenvalue weighted by molar-refractivity contribution is -0.143. The first-order chi connectivity index (χ1) is 19.1. The molecule has 9 heteroatoms. The number of piperazine rings is 1. The first kappa shape index (κ1) is 28.9. The van der Waals surface area contributed by atoms with Crippen molar-refractivity contribution in [3.63, 3.8) is 0 Å². The molecule has 2 fully saturated rings. The molecular formula is C31H35F6N3. The molecule has 1 atom stereocenters. The summed E-state index contributed by atoms with van der Waals surface area (Å²) in [4.78, 5) is 4.98. The summed E-state index contributed by atoms with van der Waals surface area (Å²) in [5, 5.41) is 5.40. The lowest BCUT2D eigenvalue weighted by Gasteiger charge is -2.43. The highest BCUT2D eigenvalue weighted by atomic mass is 19.4. The Balaban J connectivity index is 1.33. The van der Waals surface area contributed by atoms with Gasteiger partial charge in [-0.3, -0.25) is 9.80 Å². The highest BCUT2D eigenvalue weighted by Crippen LogP contribution is 2.36. The molecule has 1 unspecified atom stereocenters. The standard InChI is InChI=1S/C31H35F6N3/c32-30(33,34)26-16-22(17-27(19-26)31(35,36)37)20-38-21-29(25-11-10-23-6-4-5-7-24(23)18-25)40-14-12-39(13-15-40)28-8-2-1-3-9-28/h4-7,10-11,16-19,28-29,38H,1-3,8-9,12-15,20-21H2. The fourth-order valence-corrected chi connectivity index (χ4v) is 6.21. The molecule has 2 aliphatic rings. The first-order valence-corrected chi connectivity index (χ1v) is 14.0. The minimum atomic E-state index is -4.86. The summed E-state index contributed by atoms with van der Waals surface area (Å²) in [5.74, 6) is 0. The normalized spacial score (nSPS) is 19.2. The van der Waals surface area contributed by atoms with Crippen LogP contribution in [0.5, 0.6) is 0 Å². The molecule has 216 valence electrons. The van der Waals surface area contributed by atoms with Gasteiger partial charge in [0.2, 0.25) is 0 Å². The van der Waals surface area contributed by atoms with E-state index in [-0.39, 0.29) is 24.2 Å². The van der Waals surface area contributed by atoms with Crippen molar-refractivity contribution in [1.82, 2.24) is 15.1 Å². The number of alkyl halides is 6. The van der Waals surface area contributed by atoms with E-state index in [1.807, 2.05) is 24.3 Å². The fourth-order valence-electron chi connectivity index (χ4n) is 6.21. The summed E-state index contributed by atoms with van der Waals surface area (Å²) >= 11 is 0. The van der Waals surface area contributed by atoms with Gasteiger partial charge in [-0.25, -0.2) is 0 Å². The SMILES string of the molecule is FC(F)(F)c1cc(CNCC(c2ccc3ccccc3c2)N2CCN(C3CCCCC3)CC2)cc(C(F)(F)F)c1. The lowest BCUT2D eigenvalue weighted by atomic mass is 9.93. The number of rotatable bonds is 7. The number of nitrogens with one attached hydrogen (secondary N) is 1. The van der Waals surface area contributed by atoms with Crippen LogP contribution in [-0.4, -0.2) is 48.6 Å². The zero-order valence-corrected chi connectivity index (χ0v) is 22.4. The summed E-state index contributed by atoms with van der Waals surface area (Å²) in [6.45, 7) is 3.93. The van der Waals surface area contributed by atoms with Gasteiger partial charge in [0, 0.05) is 51.4 Å². The molecular weight excluding hydrogens is 528 g/mol. The Morgan fingerprint density at radius 3 is 1.98 bits per heavy atom. The Morgan fingerprint density at radius 2 is 1.35 bits per heavy atom. The summed E-state index contributed by atoms with van der Waals surface area (Å²) in [6.07, 6.45) is -3.37. The van der Waals surface area contributed by atoms with Crippen LogP contribution >= 0.6 is 0 Å². The van der Waals surface area contributed by atoms with Crippen molar-refractivity contribution in [3.05, 3.63) is 82.9 Å². The number of halogens is 6. The van der Waals surface area contributed by atoms with Crippen LogP contribution in [0.25, 0.3) is 10.8 Å². The highest BCUT2D eigenvalue weighted by molar-refractivity contribution is 5.83. The van der Waals surface area contributed by atoms with Crippen LogP contribution in [0.3, 0.4) is 0 Å². The molecule has 0 bridgehead atoms. The topological polar surface area (TPSA) is 18.5 Å². The van der Waals surface area contributed by atoms with Gasteiger partial charge in [-0.1, -0.05) is 55.7 Å². The van der Waals surface area contributed by atoms with E-state index in [1.54, 1.807) is 0 Å². The molecule has 0 amide bonds. The first-order valence-electron chi connectivity index (χ1n) is 14.0. The van der Waals surface area contributed by atoms with Gasteiger partial charge in [0.05, 0.1) is 11.1 Å². The van der Waals surface area contributed by atoms with Gasteiger partial charge in [0.25, 0.3) is 0 Å². The third-order valence-electron chi connectivity index (χ3n) is 8.35. The van der Waals surface area contributed by atoms with Crippen molar-refractivity contribution in [2.24, 2.45) is 0 Å². The summed E-state index contributed by atoms with van der Waals surface area (Å²) in [6, 6.07) is 16.7. The maximum atomic E-state index is 13.3. The predicted octanol–water partition coefficient (Wildman–Crippen LogP) is 7.66. The van der Waals surface area contributed by atoms with Crippen LogP contribution < -0.4 is 5.32 Å². The Kier molecular flexibility index (Phi) is 8.73. The van der Waals surface area contributed by atoms with Gasteiger partial charge < -0.3 is 5.32 Å². The van der Waals surface area contributed by atoms with Gasteiger partial charge >= 0.3 is 12.4 Å². The summed E-state index contributed by atoms with van der Waals surface area (Å²) in [7, 11) is 0. The van der Waals surface area contributed by atoms with Gasteiger partial charge in [-0.2, -0.15) is 26.3 Å². The number of fused-ring (bicyclic) bond motifs is 1. The van der Waals surface area contributed by atoms with Gasteiger partial charge in [-0.05, 0) is 59.0 Å². The quantitative estimate of drug-likeness (QED) is 0.298. The third-order valence-corrected chi connectivity index (χ3v) is 8.35. The second-order valence-corrected chi connectivity index (χ2v) is 11.0. The second-order valence-electron chi connectivity index (χ2n) is 11.0. The molecule has 5 rings (SSSR count). The summed E-state index contributed by atoms with van der Waals surface area (Å²) < 4.78 is 80.1.